The Morgan fingerprint density at radius 2 is 2.00 bits per heavy atom. The molecule has 7 heteroatoms. The van der Waals surface area contributed by atoms with Crippen LogP contribution in [0.25, 0.3) is 5.65 Å². The highest BCUT2D eigenvalue weighted by Gasteiger charge is 2.07. The monoisotopic (exact) mass is 365 g/mol. The summed E-state index contributed by atoms with van der Waals surface area (Å²) in [5.41, 5.74) is 3.37. The second-order valence-corrected chi connectivity index (χ2v) is 6.17. The lowest BCUT2D eigenvalue weighted by Gasteiger charge is -2.11. The zero-order valence-corrected chi connectivity index (χ0v) is 14.8. The first-order valence-electron chi connectivity index (χ1n) is 8.10. The van der Waals surface area contributed by atoms with Gasteiger partial charge in [-0.05, 0) is 43.3 Å². The van der Waals surface area contributed by atoms with Crippen LogP contribution >= 0.6 is 11.6 Å². The van der Waals surface area contributed by atoms with Gasteiger partial charge < -0.3 is 10.1 Å². The van der Waals surface area contributed by atoms with Gasteiger partial charge in [0.1, 0.15) is 18.2 Å². The van der Waals surface area contributed by atoms with E-state index < -0.39 is 0 Å². The van der Waals surface area contributed by atoms with E-state index in [-0.39, 0.29) is 0 Å². The Labute approximate surface area is 155 Å². The molecule has 4 aromatic rings. The summed E-state index contributed by atoms with van der Waals surface area (Å²) in [6, 6.07) is 15.0. The average Bonchev–Trinajstić information content (AvgIpc) is 3.03. The molecule has 0 aliphatic carbocycles. The van der Waals surface area contributed by atoms with Crippen LogP contribution in [0.2, 0.25) is 5.02 Å². The lowest BCUT2D eigenvalue weighted by molar-refractivity contribution is 0.301. The number of nitrogens with zero attached hydrogens (tertiary/aromatic N) is 4. The maximum atomic E-state index is 6.36. The highest BCUT2D eigenvalue weighted by atomic mass is 35.5. The van der Waals surface area contributed by atoms with E-state index in [1.807, 2.05) is 55.5 Å². The fraction of sp³-hybridized carbons (Fsp3) is 0.105. The molecular weight excluding hydrogens is 350 g/mol. The van der Waals surface area contributed by atoms with Crippen molar-refractivity contribution in [3.05, 3.63) is 77.3 Å². The standard InChI is InChI=1S/C19H16ClN5O/c1-13-10-19-22-9-7-18(25(19)24-13)23-14-5-6-17(16(20)11-14)26-12-15-4-2-3-8-21-15/h2-11,23H,12H2,1H3. The molecule has 0 bridgehead atoms. The minimum Gasteiger partial charge on any atom is -0.486 e. The molecule has 0 amide bonds. The quantitative estimate of drug-likeness (QED) is 0.567. The first-order chi connectivity index (χ1) is 12.7. The van der Waals surface area contributed by atoms with Crippen molar-refractivity contribution in [2.45, 2.75) is 13.5 Å². The summed E-state index contributed by atoms with van der Waals surface area (Å²) in [5.74, 6) is 1.42. The lowest BCUT2D eigenvalue weighted by atomic mass is 10.3. The topological polar surface area (TPSA) is 64.3 Å². The number of fused-ring (bicyclic) bond motifs is 1. The van der Waals surface area contributed by atoms with Crippen LogP contribution in [0.5, 0.6) is 5.75 Å². The molecule has 0 unspecified atom stereocenters. The van der Waals surface area contributed by atoms with Gasteiger partial charge in [0.15, 0.2) is 5.65 Å². The zero-order chi connectivity index (χ0) is 17.9. The SMILES string of the molecule is Cc1cc2nccc(Nc3ccc(OCc4ccccn4)c(Cl)c3)n2n1. The van der Waals surface area contributed by atoms with Gasteiger partial charge in [0.2, 0.25) is 0 Å². The number of hydrogen-bond donors (Lipinski definition) is 1. The lowest BCUT2D eigenvalue weighted by Crippen LogP contribution is -2.01. The van der Waals surface area contributed by atoms with Gasteiger partial charge in [-0.2, -0.15) is 9.61 Å². The zero-order valence-electron chi connectivity index (χ0n) is 14.1. The second kappa shape index (κ2) is 7.01. The third-order valence-electron chi connectivity index (χ3n) is 3.79. The molecule has 0 fully saturated rings. The van der Waals surface area contributed by atoms with Crippen LogP contribution in [-0.2, 0) is 6.61 Å². The maximum absolute atomic E-state index is 6.36. The number of aromatic nitrogens is 4. The Morgan fingerprint density at radius 1 is 1.08 bits per heavy atom. The van der Waals surface area contributed by atoms with E-state index in [9.17, 15) is 0 Å². The Bertz CT molecular complexity index is 1050. The third-order valence-corrected chi connectivity index (χ3v) is 4.08. The van der Waals surface area contributed by atoms with Crippen molar-refractivity contribution in [1.29, 1.82) is 0 Å². The molecule has 0 atom stereocenters. The van der Waals surface area contributed by atoms with Crippen molar-refractivity contribution < 1.29 is 4.74 Å². The molecule has 0 saturated heterocycles. The molecule has 4 rings (SSSR count). The van der Waals surface area contributed by atoms with E-state index in [2.05, 4.69) is 20.4 Å². The van der Waals surface area contributed by atoms with Crippen molar-refractivity contribution >= 4 is 28.8 Å². The highest BCUT2D eigenvalue weighted by Crippen LogP contribution is 2.29. The molecule has 0 radical (unpaired) electrons. The van der Waals surface area contributed by atoms with E-state index in [0.717, 1.165) is 28.5 Å². The minimum absolute atomic E-state index is 0.366. The summed E-state index contributed by atoms with van der Waals surface area (Å²) in [6.07, 6.45) is 3.48. The smallest absolute Gasteiger partial charge is 0.157 e. The minimum atomic E-state index is 0.366. The number of halogens is 1. The second-order valence-electron chi connectivity index (χ2n) is 5.77. The summed E-state index contributed by atoms with van der Waals surface area (Å²) in [4.78, 5) is 8.53. The van der Waals surface area contributed by atoms with Gasteiger partial charge in [-0.15, -0.1) is 0 Å². The van der Waals surface area contributed by atoms with Crippen LogP contribution in [0.4, 0.5) is 11.5 Å². The summed E-state index contributed by atoms with van der Waals surface area (Å²) >= 11 is 6.36. The Balaban J connectivity index is 1.52. The van der Waals surface area contributed by atoms with E-state index in [0.29, 0.717) is 17.4 Å². The molecule has 1 N–H and O–H groups in total. The van der Waals surface area contributed by atoms with Crippen LogP contribution in [0, 0.1) is 6.92 Å². The van der Waals surface area contributed by atoms with Gasteiger partial charge in [0, 0.05) is 24.1 Å². The van der Waals surface area contributed by atoms with Crippen molar-refractivity contribution in [3.8, 4) is 5.75 Å². The molecular formula is C19H16ClN5O. The molecule has 0 saturated carbocycles. The van der Waals surface area contributed by atoms with Gasteiger partial charge in [-0.25, -0.2) is 4.98 Å². The van der Waals surface area contributed by atoms with Gasteiger partial charge in [0.25, 0.3) is 0 Å². The number of benzene rings is 1. The predicted molar refractivity (Wildman–Crippen MR) is 101 cm³/mol. The number of nitrogens with one attached hydrogen (secondary N) is 1. The van der Waals surface area contributed by atoms with Gasteiger partial charge in [0.05, 0.1) is 16.4 Å². The molecule has 6 nitrogen and oxygen atoms in total. The maximum Gasteiger partial charge on any atom is 0.157 e. The summed E-state index contributed by atoms with van der Waals surface area (Å²) in [7, 11) is 0. The van der Waals surface area contributed by atoms with Gasteiger partial charge in [-0.3, -0.25) is 4.98 Å². The highest BCUT2D eigenvalue weighted by molar-refractivity contribution is 6.32. The number of rotatable bonds is 5. The first kappa shape index (κ1) is 16.4. The fourth-order valence-electron chi connectivity index (χ4n) is 2.58. The molecule has 1 aromatic carbocycles. The summed E-state index contributed by atoms with van der Waals surface area (Å²) < 4.78 is 7.51. The molecule has 26 heavy (non-hydrogen) atoms. The van der Waals surface area contributed by atoms with Gasteiger partial charge >= 0.3 is 0 Å². The molecule has 3 aromatic heterocycles. The van der Waals surface area contributed by atoms with E-state index in [4.69, 9.17) is 16.3 Å². The van der Waals surface area contributed by atoms with Crippen molar-refractivity contribution in [2.24, 2.45) is 0 Å². The number of hydrogen-bond acceptors (Lipinski definition) is 5. The number of ether oxygens (including phenoxy) is 1. The Kier molecular flexibility index (Phi) is 4.41. The molecule has 0 spiro atoms. The van der Waals surface area contributed by atoms with Crippen molar-refractivity contribution in [1.82, 2.24) is 19.6 Å². The fourth-order valence-corrected chi connectivity index (χ4v) is 2.82. The molecule has 0 aliphatic rings. The van der Waals surface area contributed by atoms with Crippen LogP contribution < -0.4 is 10.1 Å². The molecule has 3 heterocycles. The van der Waals surface area contributed by atoms with Crippen LogP contribution in [0.3, 0.4) is 0 Å². The van der Waals surface area contributed by atoms with E-state index >= 15 is 0 Å². The molecule has 0 aliphatic heterocycles. The Hall–Kier alpha value is -3.12. The Morgan fingerprint density at radius 3 is 2.81 bits per heavy atom. The van der Waals surface area contributed by atoms with E-state index in [1.165, 1.54) is 0 Å². The summed E-state index contributed by atoms with van der Waals surface area (Å²) in [5, 5.41) is 8.27. The van der Waals surface area contributed by atoms with Gasteiger partial charge in [-0.1, -0.05) is 17.7 Å². The third kappa shape index (κ3) is 3.45. The predicted octanol–water partition coefficient (Wildman–Crippen LogP) is 4.41. The van der Waals surface area contributed by atoms with Crippen LogP contribution in [0.15, 0.2) is 60.9 Å². The van der Waals surface area contributed by atoms with Crippen molar-refractivity contribution in [3.63, 3.8) is 0 Å². The first-order valence-corrected chi connectivity index (χ1v) is 8.47. The molecule has 130 valence electrons. The van der Waals surface area contributed by atoms with Crippen LogP contribution in [0.1, 0.15) is 11.4 Å². The number of anilines is 2. The largest absolute Gasteiger partial charge is 0.486 e. The number of aryl methyl sites for hydroxylation is 1. The van der Waals surface area contributed by atoms with Crippen LogP contribution in [-0.4, -0.2) is 19.6 Å². The normalized spacial score (nSPS) is 10.8. The average molecular weight is 366 g/mol. The number of pyridine rings is 1. The van der Waals surface area contributed by atoms with Crippen molar-refractivity contribution in [2.75, 3.05) is 5.32 Å². The van der Waals surface area contributed by atoms with E-state index in [1.54, 1.807) is 16.9 Å². The summed E-state index contributed by atoms with van der Waals surface area (Å²) in [6.45, 7) is 2.30.